The molecule has 154 valence electrons. The van der Waals surface area contributed by atoms with Crippen molar-refractivity contribution in [3.63, 3.8) is 0 Å². The maximum Gasteiger partial charge on any atom is 0.490 e. The van der Waals surface area contributed by atoms with Crippen molar-refractivity contribution in [2.45, 2.75) is 37.0 Å². The highest BCUT2D eigenvalue weighted by molar-refractivity contribution is 5.91. The third kappa shape index (κ3) is 5.18. The Bertz CT molecular complexity index is 721. The van der Waals surface area contributed by atoms with Crippen molar-refractivity contribution in [3.8, 4) is 0 Å². The first-order valence-electron chi connectivity index (χ1n) is 8.41. The van der Waals surface area contributed by atoms with E-state index in [0.29, 0.717) is 19.6 Å². The van der Waals surface area contributed by atoms with Gasteiger partial charge < -0.3 is 20.3 Å². The number of carbonyl (C=O) groups excluding carboxylic acids is 1. The van der Waals surface area contributed by atoms with Gasteiger partial charge in [-0.2, -0.15) is 13.2 Å². The van der Waals surface area contributed by atoms with Gasteiger partial charge in [-0.25, -0.2) is 9.59 Å². The lowest BCUT2D eigenvalue weighted by Crippen LogP contribution is -2.40. The maximum atomic E-state index is 12.4. The second kappa shape index (κ2) is 8.55. The molecule has 1 aromatic heterocycles. The average molecular weight is 404 g/mol. The van der Waals surface area contributed by atoms with Crippen molar-refractivity contribution in [2.75, 3.05) is 13.2 Å². The molecule has 3 rings (SSSR count). The lowest BCUT2D eigenvalue weighted by atomic mass is 9.95. The molecule has 2 atom stereocenters. The molecule has 1 saturated heterocycles. The lowest BCUT2D eigenvalue weighted by molar-refractivity contribution is -0.192. The largest absolute Gasteiger partial charge is 0.490 e. The van der Waals surface area contributed by atoms with Crippen LogP contribution < -0.4 is 5.32 Å². The number of pyridine rings is 1. The highest BCUT2D eigenvalue weighted by atomic mass is 19.4. The monoisotopic (exact) mass is 404 g/mol. The normalized spacial score (nSPS) is 22.5. The third-order valence-electron chi connectivity index (χ3n) is 4.62. The summed E-state index contributed by atoms with van der Waals surface area (Å²) in [5.41, 5.74) is 0.465. The molecule has 1 amide bonds. The molecule has 1 aliphatic carbocycles. The number of nitrogens with one attached hydrogen (secondary N) is 1. The summed E-state index contributed by atoms with van der Waals surface area (Å²) < 4.78 is 36.9. The average Bonchev–Trinajstić information content (AvgIpc) is 3.31. The first-order valence-corrected chi connectivity index (χ1v) is 8.41. The number of carboxylic acids is 2. The van der Waals surface area contributed by atoms with Crippen molar-refractivity contribution < 1.29 is 42.5 Å². The van der Waals surface area contributed by atoms with Crippen molar-refractivity contribution in [1.29, 1.82) is 0 Å². The predicted octanol–water partition coefficient (Wildman–Crippen LogP) is 1.35. The van der Waals surface area contributed by atoms with Gasteiger partial charge in [0, 0.05) is 31.5 Å². The van der Waals surface area contributed by atoms with Crippen LogP contribution in [-0.2, 0) is 24.5 Å². The van der Waals surface area contributed by atoms with E-state index in [-0.39, 0.29) is 11.8 Å². The fourth-order valence-corrected chi connectivity index (χ4v) is 2.93. The number of carbonyl (C=O) groups is 3. The zero-order valence-corrected chi connectivity index (χ0v) is 14.6. The van der Waals surface area contributed by atoms with E-state index in [1.54, 1.807) is 12.4 Å². The Morgan fingerprint density at radius 3 is 2.39 bits per heavy atom. The van der Waals surface area contributed by atoms with Gasteiger partial charge in [0.25, 0.3) is 0 Å². The van der Waals surface area contributed by atoms with Gasteiger partial charge in [-0.15, -0.1) is 0 Å². The SMILES string of the molecule is O=C(O)C(F)(F)F.O=C(O)[C@@H]1OCC[C@@H]1CNC(=O)C1(c2cccnc2)CC1. The van der Waals surface area contributed by atoms with Gasteiger partial charge in [0.05, 0.1) is 5.41 Å². The van der Waals surface area contributed by atoms with Crippen LogP contribution in [0.25, 0.3) is 0 Å². The predicted molar refractivity (Wildman–Crippen MR) is 87.3 cm³/mol. The fourth-order valence-electron chi connectivity index (χ4n) is 2.93. The molecule has 0 spiro atoms. The number of aromatic nitrogens is 1. The van der Waals surface area contributed by atoms with E-state index < -0.39 is 29.6 Å². The van der Waals surface area contributed by atoms with Gasteiger partial charge in [0.1, 0.15) is 0 Å². The Kier molecular flexibility index (Phi) is 6.60. The number of hydrogen-bond donors (Lipinski definition) is 3. The molecule has 0 aromatic carbocycles. The Hall–Kier alpha value is -2.69. The van der Waals surface area contributed by atoms with Gasteiger partial charge in [-0.05, 0) is 30.9 Å². The molecular weight excluding hydrogens is 385 g/mol. The van der Waals surface area contributed by atoms with Crippen LogP contribution in [0.3, 0.4) is 0 Å². The summed E-state index contributed by atoms with van der Waals surface area (Å²) in [4.78, 5) is 36.4. The van der Waals surface area contributed by atoms with Crippen LogP contribution in [0.4, 0.5) is 13.2 Å². The molecular formula is C17H19F3N2O6. The number of amides is 1. The van der Waals surface area contributed by atoms with Crippen molar-refractivity contribution >= 4 is 17.8 Å². The molecule has 28 heavy (non-hydrogen) atoms. The Balaban J connectivity index is 0.000000345. The summed E-state index contributed by atoms with van der Waals surface area (Å²) in [6.45, 7) is 0.781. The van der Waals surface area contributed by atoms with Crippen LogP contribution in [0.2, 0.25) is 0 Å². The quantitative estimate of drug-likeness (QED) is 0.676. The number of rotatable bonds is 5. The summed E-state index contributed by atoms with van der Waals surface area (Å²) in [5, 5.41) is 19.1. The van der Waals surface area contributed by atoms with Gasteiger partial charge in [0.2, 0.25) is 5.91 Å². The number of nitrogens with zero attached hydrogens (tertiary/aromatic N) is 1. The zero-order valence-electron chi connectivity index (χ0n) is 14.6. The molecule has 0 radical (unpaired) electrons. The Morgan fingerprint density at radius 1 is 1.29 bits per heavy atom. The van der Waals surface area contributed by atoms with Gasteiger partial charge in [0.15, 0.2) is 6.10 Å². The van der Waals surface area contributed by atoms with E-state index in [0.717, 1.165) is 18.4 Å². The molecule has 2 heterocycles. The smallest absolute Gasteiger partial charge is 0.479 e. The van der Waals surface area contributed by atoms with Crippen LogP contribution >= 0.6 is 0 Å². The number of alkyl halides is 3. The van der Waals surface area contributed by atoms with Crippen molar-refractivity contribution in [1.82, 2.24) is 10.3 Å². The van der Waals surface area contributed by atoms with Gasteiger partial charge in [-0.1, -0.05) is 6.07 Å². The molecule has 0 unspecified atom stereocenters. The van der Waals surface area contributed by atoms with Crippen molar-refractivity contribution in [3.05, 3.63) is 30.1 Å². The van der Waals surface area contributed by atoms with Crippen LogP contribution in [0, 0.1) is 5.92 Å². The van der Waals surface area contributed by atoms with E-state index in [2.05, 4.69) is 10.3 Å². The minimum atomic E-state index is -5.08. The van der Waals surface area contributed by atoms with Crippen LogP contribution in [0.1, 0.15) is 24.8 Å². The Morgan fingerprint density at radius 2 is 1.93 bits per heavy atom. The highest BCUT2D eigenvalue weighted by Crippen LogP contribution is 2.48. The topological polar surface area (TPSA) is 126 Å². The molecule has 1 aliphatic heterocycles. The first kappa shape index (κ1) is 21.6. The number of hydrogen-bond acceptors (Lipinski definition) is 5. The van der Waals surface area contributed by atoms with Gasteiger partial charge >= 0.3 is 18.1 Å². The lowest BCUT2D eigenvalue weighted by Gasteiger charge is -2.19. The van der Waals surface area contributed by atoms with E-state index >= 15 is 0 Å². The summed E-state index contributed by atoms with van der Waals surface area (Å²) in [7, 11) is 0. The summed E-state index contributed by atoms with van der Waals surface area (Å²) in [6, 6.07) is 3.74. The summed E-state index contributed by atoms with van der Waals surface area (Å²) in [5.74, 6) is -3.91. The molecule has 2 fully saturated rings. The molecule has 1 aromatic rings. The molecule has 1 saturated carbocycles. The molecule has 0 bridgehead atoms. The van der Waals surface area contributed by atoms with E-state index in [9.17, 15) is 22.8 Å². The van der Waals surface area contributed by atoms with Crippen LogP contribution in [0.15, 0.2) is 24.5 Å². The number of halogens is 3. The molecule has 8 nitrogen and oxygen atoms in total. The molecule has 11 heteroatoms. The number of aliphatic carboxylic acids is 2. The van der Waals surface area contributed by atoms with Crippen molar-refractivity contribution in [2.24, 2.45) is 5.92 Å². The standard InChI is InChI=1S/C15H18N2O4.C2HF3O2/c18-13(19)12-10(3-7-21-12)8-17-14(20)15(4-5-15)11-2-1-6-16-9-11;3-2(4,5)1(6)7/h1-2,6,9-10,12H,3-5,7-8H2,(H,17,20)(H,18,19);(H,6,7)/t10-,12-;/m1./s1. The third-order valence-corrected chi connectivity index (χ3v) is 4.62. The minimum Gasteiger partial charge on any atom is -0.479 e. The van der Waals surface area contributed by atoms with E-state index in [1.807, 2.05) is 12.1 Å². The number of ether oxygens (including phenoxy) is 1. The number of carboxylic acid groups (broad SMARTS) is 2. The fraction of sp³-hybridized carbons (Fsp3) is 0.529. The molecule has 2 aliphatic rings. The first-order chi connectivity index (χ1) is 13.1. The minimum absolute atomic E-state index is 0.0356. The van der Waals surface area contributed by atoms with E-state index in [1.165, 1.54) is 0 Å². The Labute approximate surface area is 157 Å². The zero-order chi connectivity index (χ0) is 20.9. The highest BCUT2D eigenvalue weighted by Gasteiger charge is 2.51. The molecule has 3 N–H and O–H groups in total. The van der Waals surface area contributed by atoms with Crippen LogP contribution in [-0.4, -0.2) is 58.5 Å². The second-order valence-electron chi connectivity index (χ2n) is 6.52. The summed E-state index contributed by atoms with van der Waals surface area (Å²) in [6.07, 6.45) is -0.186. The van der Waals surface area contributed by atoms with Gasteiger partial charge in [-0.3, -0.25) is 9.78 Å². The van der Waals surface area contributed by atoms with E-state index in [4.69, 9.17) is 19.7 Å². The summed E-state index contributed by atoms with van der Waals surface area (Å²) >= 11 is 0. The second-order valence-corrected chi connectivity index (χ2v) is 6.52. The maximum absolute atomic E-state index is 12.4. The van der Waals surface area contributed by atoms with Crippen LogP contribution in [0.5, 0.6) is 0 Å².